The summed E-state index contributed by atoms with van der Waals surface area (Å²) in [6.45, 7) is 1.52. The van der Waals surface area contributed by atoms with Crippen LogP contribution >= 0.6 is 0 Å². The number of benzene rings is 1. The van der Waals surface area contributed by atoms with Crippen LogP contribution in [0, 0.1) is 5.82 Å². The van der Waals surface area contributed by atoms with Gasteiger partial charge in [0.25, 0.3) is 0 Å². The van der Waals surface area contributed by atoms with Gasteiger partial charge in [0.15, 0.2) is 5.78 Å². The summed E-state index contributed by atoms with van der Waals surface area (Å²) in [6.07, 6.45) is 1.63. The van der Waals surface area contributed by atoms with Gasteiger partial charge in [-0.2, -0.15) is 0 Å². The molecule has 0 bridgehead atoms. The van der Waals surface area contributed by atoms with Crippen LogP contribution in [-0.4, -0.2) is 5.78 Å². The molecule has 0 radical (unpaired) electrons. The maximum absolute atomic E-state index is 13.0. The SMILES string of the molecule is CC(=O)c1ccc(F)c2c1CC2. The van der Waals surface area contributed by atoms with Gasteiger partial charge >= 0.3 is 0 Å². The van der Waals surface area contributed by atoms with Gasteiger partial charge in [0, 0.05) is 5.56 Å². The highest BCUT2D eigenvalue weighted by atomic mass is 19.1. The van der Waals surface area contributed by atoms with Crippen molar-refractivity contribution in [2.24, 2.45) is 0 Å². The molecular formula is C10H9FO. The second-order valence-corrected chi connectivity index (χ2v) is 3.11. The Hall–Kier alpha value is -1.18. The summed E-state index contributed by atoms with van der Waals surface area (Å²) in [5.41, 5.74) is 2.35. The quantitative estimate of drug-likeness (QED) is 0.581. The van der Waals surface area contributed by atoms with Crippen LogP contribution in [-0.2, 0) is 12.8 Å². The lowest BCUT2D eigenvalue weighted by Gasteiger charge is -2.21. The van der Waals surface area contributed by atoms with Crippen LogP contribution in [0.25, 0.3) is 0 Å². The number of carbonyl (C=O) groups is 1. The van der Waals surface area contributed by atoms with Crippen LogP contribution in [0.1, 0.15) is 28.4 Å². The van der Waals surface area contributed by atoms with Crippen LogP contribution in [0.3, 0.4) is 0 Å². The van der Waals surface area contributed by atoms with Crippen LogP contribution < -0.4 is 0 Å². The van der Waals surface area contributed by atoms with Crippen LogP contribution in [0.15, 0.2) is 12.1 Å². The first-order valence-corrected chi connectivity index (χ1v) is 4.01. The van der Waals surface area contributed by atoms with E-state index in [1.165, 1.54) is 13.0 Å². The minimum Gasteiger partial charge on any atom is -0.295 e. The summed E-state index contributed by atoms with van der Waals surface area (Å²) in [5.74, 6) is -0.132. The van der Waals surface area contributed by atoms with Crippen LogP contribution in [0.4, 0.5) is 4.39 Å². The lowest BCUT2D eigenvalue weighted by Crippen LogP contribution is -2.16. The molecule has 0 amide bonds. The minimum atomic E-state index is -0.166. The Morgan fingerprint density at radius 1 is 1.33 bits per heavy atom. The lowest BCUT2D eigenvalue weighted by atomic mass is 9.83. The molecule has 0 saturated carbocycles. The largest absolute Gasteiger partial charge is 0.295 e. The summed E-state index contributed by atoms with van der Waals surface area (Å²) in [4.78, 5) is 11.0. The van der Waals surface area contributed by atoms with Crippen molar-refractivity contribution < 1.29 is 9.18 Å². The van der Waals surface area contributed by atoms with Gasteiger partial charge in [0.2, 0.25) is 0 Å². The van der Waals surface area contributed by atoms with E-state index < -0.39 is 0 Å². The van der Waals surface area contributed by atoms with Crippen molar-refractivity contribution in [1.82, 2.24) is 0 Å². The smallest absolute Gasteiger partial charge is 0.160 e. The molecule has 1 aromatic carbocycles. The van der Waals surface area contributed by atoms with Gasteiger partial charge in [-0.1, -0.05) is 0 Å². The highest BCUT2D eigenvalue weighted by Crippen LogP contribution is 2.29. The minimum absolute atomic E-state index is 0.0333. The molecule has 0 aliphatic heterocycles. The molecule has 1 nitrogen and oxygen atoms in total. The Labute approximate surface area is 70.2 Å². The number of hydrogen-bond acceptors (Lipinski definition) is 1. The molecule has 1 aromatic rings. The van der Waals surface area contributed by atoms with Crippen LogP contribution in [0.2, 0.25) is 0 Å². The highest BCUT2D eigenvalue weighted by Gasteiger charge is 2.22. The molecular weight excluding hydrogens is 155 g/mol. The van der Waals surface area contributed by atoms with Gasteiger partial charge in [0.05, 0.1) is 0 Å². The first-order valence-electron chi connectivity index (χ1n) is 4.01. The fraction of sp³-hybridized carbons (Fsp3) is 0.300. The molecule has 0 fully saturated rings. The molecule has 2 rings (SSSR count). The van der Waals surface area contributed by atoms with Crippen molar-refractivity contribution in [2.75, 3.05) is 0 Å². The molecule has 62 valence electrons. The topological polar surface area (TPSA) is 17.1 Å². The average Bonchev–Trinajstić information content (AvgIpc) is 1.92. The van der Waals surface area contributed by atoms with E-state index in [1.54, 1.807) is 6.07 Å². The Balaban J connectivity index is 2.60. The molecule has 0 atom stereocenters. The Bertz CT molecular complexity index is 355. The van der Waals surface area contributed by atoms with E-state index >= 15 is 0 Å². The predicted molar refractivity (Wildman–Crippen MR) is 43.8 cm³/mol. The molecule has 0 unspecified atom stereocenters. The van der Waals surface area contributed by atoms with E-state index in [4.69, 9.17) is 0 Å². The molecule has 0 heterocycles. The van der Waals surface area contributed by atoms with Gasteiger partial charge in [0.1, 0.15) is 5.82 Å². The van der Waals surface area contributed by atoms with Crippen molar-refractivity contribution >= 4 is 5.78 Å². The maximum Gasteiger partial charge on any atom is 0.160 e. The molecule has 0 spiro atoms. The lowest BCUT2D eigenvalue weighted by molar-refractivity contribution is 0.101. The van der Waals surface area contributed by atoms with E-state index in [2.05, 4.69) is 0 Å². The van der Waals surface area contributed by atoms with Gasteiger partial charge in [-0.15, -0.1) is 0 Å². The van der Waals surface area contributed by atoms with Gasteiger partial charge in [-0.25, -0.2) is 4.39 Å². The third kappa shape index (κ3) is 0.876. The molecule has 1 aliphatic carbocycles. The number of ketones is 1. The molecule has 12 heavy (non-hydrogen) atoms. The standard InChI is InChI=1S/C10H9FO/c1-6(12)7-4-5-10(11)9-3-2-8(7)9/h4-5H,2-3H2,1H3. The summed E-state index contributed by atoms with van der Waals surface area (Å²) in [6, 6.07) is 2.96. The molecule has 2 heteroatoms. The average molecular weight is 164 g/mol. The summed E-state index contributed by atoms with van der Waals surface area (Å²) < 4.78 is 13.0. The second kappa shape index (κ2) is 2.41. The number of halogens is 1. The predicted octanol–water partition coefficient (Wildman–Crippen LogP) is 2.13. The van der Waals surface area contributed by atoms with Crippen molar-refractivity contribution in [3.05, 3.63) is 34.6 Å². The van der Waals surface area contributed by atoms with Gasteiger partial charge in [-0.3, -0.25) is 4.79 Å². The summed E-state index contributed by atoms with van der Waals surface area (Å²) in [7, 11) is 0. The number of fused-ring (bicyclic) bond motifs is 1. The maximum atomic E-state index is 13.0. The normalized spacial score (nSPS) is 13.5. The fourth-order valence-electron chi connectivity index (χ4n) is 1.62. The van der Waals surface area contributed by atoms with E-state index in [9.17, 15) is 9.18 Å². The highest BCUT2D eigenvalue weighted by molar-refractivity contribution is 5.96. The zero-order valence-electron chi connectivity index (χ0n) is 6.86. The zero-order valence-corrected chi connectivity index (χ0v) is 6.86. The number of Topliss-reactive ketones (excluding diaryl/α,β-unsaturated/α-hetero) is 1. The summed E-state index contributed by atoms with van der Waals surface area (Å²) in [5, 5.41) is 0. The molecule has 0 aromatic heterocycles. The fourth-order valence-corrected chi connectivity index (χ4v) is 1.62. The zero-order chi connectivity index (χ0) is 8.72. The Morgan fingerprint density at radius 2 is 2.00 bits per heavy atom. The van der Waals surface area contributed by atoms with E-state index in [-0.39, 0.29) is 11.6 Å². The van der Waals surface area contributed by atoms with E-state index in [1.807, 2.05) is 0 Å². The van der Waals surface area contributed by atoms with Crippen LogP contribution in [0.5, 0.6) is 0 Å². The molecule has 0 N–H and O–H groups in total. The van der Waals surface area contributed by atoms with Gasteiger partial charge in [-0.05, 0) is 43.0 Å². The van der Waals surface area contributed by atoms with E-state index in [0.29, 0.717) is 5.56 Å². The summed E-state index contributed by atoms with van der Waals surface area (Å²) >= 11 is 0. The van der Waals surface area contributed by atoms with Crippen molar-refractivity contribution in [3.63, 3.8) is 0 Å². The first-order chi connectivity index (χ1) is 5.70. The molecule has 1 aliphatic rings. The monoisotopic (exact) mass is 164 g/mol. The third-order valence-electron chi connectivity index (χ3n) is 2.38. The number of carbonyl (C=O) groups excluding carboxylic acids is 1. The third-order valence-corrected chi connectivity index (χ3v) is 2.38. The Kier molecular flexibility index (Phi) is 1.50. The second-order valence-electron chi connectivity index (χ2n) is 3.11. The van der Waals surface area contributed by atoms with Gasteiger partial charge < -0.3 is 0 Å². The van der Waals surface area contributed by atoms with Crippen molar-refractivity contribution in [2.45, 2.75) is 19.8 Å². The number of rotatable bonds is 1. The van der Waals surface area contributed by atoms with E-state index in [0.717, 1.165) is 24.0 Å². The Morgan fingerprint density at radius 3 is 2.50 bits per heavy atom. The molecule has 0 saturated heterocycles. The van der Waals surface area contributed by atoms with Crippen molar-refractivity contribution in [3.8, 4) is 0 Å². The number of hydrogen-bond donors (Lipinski definition) is 0. The first kappa shape index (κ1) is 7.47. The van der Waals surface area contributed by atoms with Crippen molar-refractivity contribution in [1.29, 1.82) is 0 Å².